The van der Waals surface area contributed by atoms with Gasteiger partial charge in [0.15, 0.2) is 0 Å². The van der Waals surface area contributed by atoms with Crippen LogP contribution in [0.4, 0.5) is 0 Å². The van der Waals surface area contributed by atoms with Crippen molar-refractivity contribution >= 4 is 11.8 Å². The average Bonchev–Trinajstić information content (AvgIpc) is 2.17. The molecular weight excluding hydrogens is 182 g/mol. The Hall–Kier alpha value is -1.71. The first-order valence-electron chi connectivity index (χ1n) is 4.30. The molecule has 0 saturated carbocycles. The minimum atomic E-state index is -0.856. The van der Waals surface area contributed by atoms with E-state index >= 15 is 0 Å². The van der Waals surface area contributed by atoms with Gasteiger partial charge in [-0.3, -0.25) is 4.79 Å². The van der Waals surface area contributed by atoms with Crippen molar-refractivity contribution in [3.63, 3.8) is 0 Å². The van der Waals surface area contributed by atoms with Gasteiger partial charge in [0.05, 0.1) is 6.61 Å². The Balaban J connectivity index is 2.84. The molecule has 0 atom stereocenters. The molecule has 1 aromatic rings. The predicted molar refractivity (Wildman–Crippen MR) is 49.9 cm³/mol. The van der Waals surface area contributed by atoms with Gasteiger partial charge in [0.1, 0.15) is 5.69 Å². The SMILES string of the molecule is CCOC(=O)C(=O)c1cccc(C)n1. The molecule has 0 unspecified atom stereocenters. The topological polar surface area (TPSA) is 56.3 Å². The third kappa shape index (κ3) is 2.39. The summed E-state index contributed by atoms with van der Waals surface area (Å²) in [4.78, 5) is 26.3. The lowest BCUT2D eigenvalue weighted by Crippen LogP contribution is -2.18. The van der Waals surface area contributed by atoms with Crippen LogP contribution in [0, 0.1) is 6.92 Å². The van der Waals surface area contributed by atoms with Crippen LogP contribution in [0.3, 0.4) is 0 Å². The first-order valence-corrected chi connectivity index (χ1v) is 4.30. The molecule has 1 heterocycles. The minimum Gasteiger partial charge on any atom is -0.460 e. The van der Waals surface area contributed by atoms with E-state index in [2.05, 4.69) is 9.72 Å². The second-order valence-electron chi connectivity index (χ2n) is 2.71. The number of pyridine rings is 1. The number of esters is 1. The van der Waals surface area contributed by atoms with Crippen molar-refractivity contribution in [1.29, 1.82) is 0 Å². The lowest BCUT2D eigenvalue weighted by Gasteiger charge is -2.00. The smallest absolute Gasteiger partial charge is 0.381 e. The number of aromatic nitrogens is 1. The third-order valence-corrected chi connectivity index (χ3v) is 1.58. The average molecular weight is 193 g/mol. The van der Waals surface area contributed by atoms with E-state index in [4.69, 9.17) is 0 Å². The molecule has 0 saturated heterocycles. The molecule has 4 heteroatoms. The Labute approximate surface area is 81.9 Å². The monoisotopic (exact) mass is 193 g/mol. The molecule has 0 aromatic carbocycles. The number of aryl methyl sites for hydroxylation is 1. The van der Waals surface area contributed by atoms with E-state index in [1.807, 2.05) is 0 Å². The normalized spacial score (nSPS) is 9.57. The molecule has 0 aliphatic rings. The van der Waals surface area contributed by atoms with Gasteiger partial charge in [-0.1, -0.05) is 6.07 Å². The third-order valence-electron chi connectivity index (χ3n) is 1.58. The highest BCUT2D eigenvalue weighted by molar-refractivity contribution is 6.40. The highest BCUT2D eigenvalue weighted by atomic mass is 16.5. The second-order valence-corrected chi connectivity index (χ2v) is 2.71. The number of carbonyl (C=O) groups is 2. The summed E-state index contributed by atoms with van der Waals surface area (Å²) in [5.41, 5.74) is 0.823. The molecule has 0 fully saturated rings. The Morgan fingerprint density at radius 2 is 2.14 bits per heavy atom. The van der Waals surface area contributed by atoms with E-state index in [0.29, 0.717) is 5.69 Å². The van der Waals surface area contributed by atoms with Gasteiger partial charge in [-0.15, -0.1) is 0 Å². The fraction of sp³-hybridized carbons (Fsp3) is 0.300. The van der Waals surface area contributed by atoms with E-state index < -0.39 is 11.8 Å². The Morgan fingerprint density at radius 3 is 2.71 bits per heavy atom. The zero-order valence-electron chi connectivity index (χ0n) is 8.11. The van der Waals surface area contributed by atoms with Crippen molar-refractivity contribution in [3.8, 4) is 0 Å². The highest BCUT2D eigenvalue weighted by Gasteiger charge is 2.18. The highest BCUT2D eigenvalue weighted by Crippen LogP contribution is 2.00. The Kier molecular flexibility index (Phi) is 3.34. The maximum absolute atomic E-state index is 11.3. The number of rotatable bonds is 3. The number of hydrogen-bond donors (Lipinski definition) is 0. The molecule has 0 N–H and O–H groups in total. The van der Waals surface area contributed by atoms with Crippen molar-refractivity contribution in [2.24, 2.45) is 0 Å². The van der Waals surface area contributed by atoms with Gasteiger partial charge in [-0.05, 0) is 26.0 Å². The van der Waals surface area contributed by atoms with Gasteiger partial charge in [0, 0.05) is 5.69 Å². The van der Waals surface area contributed by atoms with Gasteiger partial charge < -0.3 is 4.74 Å². The van der Waals surface area contributed by atoms with Crippen LogP contribution in [0.5, 0.6) is 0 Å². The number of ketones is 1. The summed E-state index contributed by atoms with van der Waals surface area (Å²) in [7, 11) is 0. The molecular formula is C10H11NO3. The van der Waals surface area contributed by atoms with Crippen LogP contribution in [0.2, 0.25) is 0 Å². The first kappa shape index (κ1) is 10.4. The van der Waals surface area contributed by atoms with Gasteiger partial charge in [-0.25, -0.2) is 9.78 Å². The van der Waals surface area contributed by atoms with E-state index in [-0.39, 0.29) is 12.3 Å². The van der Waals surface area contributed by atoms with Crippen molar-refractivity contribution in [2.45, 2.75) is 13.8 Å². The fourth-order valence-corrected chi connectivity index (χ4v) is 0.971. The number of carbonyl (C=O) groups excluding carboxylic acids is 2. The van der Waals surface area contributed by atoms with Crippen LogP contribution in [-0.2, 0) is 9.53 Å². The molecule has 0 aliphatic heterocycles. The van der Waals surface area contributed by atoms with E-state index in [1.165, 1.54) is 6.07 Å². The summed E-state index contributed by atoms with van der Waals surface area (Å²) < 4.78 is 4.57. The lowest BCUT2D eigenvalue weighted by molar-refractivity contribution is -0.137. The summed E-state index contributed by atoms with van der Waals surface area (Å²) in [6.07, 6.45) is 0. The predicted octanol–water partition coefficient (Wildman–Crippen LogP) is 1.14. The summed E-state index contributed by atoms with van der Waals surface area (Å²) in [6, 6.07) is 4.92. The fourth-order valence-electron chi connectivity index (χ4n) is 0.971. The number of ether oxygens (including phenoxy) is 1. The zero-order valence-corrected chi connectivity index (χ0v) is 8.11. The van der Waals surface area contributed by atoms with Gasteiger partial charge >= 0.3 is 5.97 Å². The summed E-state index contributed by atoms with van der Waals surface area (Å²) in [5.74, 6) is -1.55. The van der Waals surface area contributed by atoms with Crippen LogP contribution in [0.15, 0.2) is 18.2 Å². The molecule has 0 bridgehead atoms. The molecule has 0 spiro atoms. The minimum absolute atomic E-state index is 0.128. The molecule has 0 aliphatic carbocycles. The standard InChI is InChI=1S/C10H11NO3/c1-3-14-10(13)9(12)8-6-4-5-7(2)11-8/h4-6H,3H2,1-2H3. The van der Waals surface area contributed by atoms with Crippen molar-refractivity contribution in [3.05, 3.63) is 29.6 Å². The number of Topliss-reactive ketones (excluding diaryl/α,β-unsaturated/α-hetero) is 1. The van der Waals surface area contributed by atoms with Gasteiger partial charge in [-0.2, -0.15) is 0 Å². The number of hydrogen-bond acceptors (Lipinski definition) is 4. The van der Waals surface area contributed by atoms with Gasteiger partial charge in [0.25, 0.3) is 5.78 Å². The molecule has 14 heavy (non-hydrogen) atoms. The first-order chi connectivity index (χ1) is 6.65. The molecule has 74 valence electrons. The summed E-state index contributed by atoms with van der Waals surface area (Å²) in [6.45, 7) is 3.59. The van der Waals surface area contributed by atoms with Crippen LogP contribution in [0.25, 0.3) is 0 Å². The largest absolute Gasteiger partial charge is 0.460 e. The maximum Gasteiger partial charge on any atom is 0.381 e. The Morgan fingerprint density at radius 1 is 1.43 bits per heavy atom. The summed E-state index contributed by atoms with van der Waals surface area (Å²) >= 11 is 0. The van der Waals surface area contributed by atoms with Crippen LogP contribution < -0.4 is 0 Å². The number of nitrogens with zero attached hydrogens (tertiary/aromatic N) is 1. The molecule has 1 rings (SSSR count). The van der Waals surface area contributed by atoms with Crippen LogP contribution in [-0.4, -0.2) is 23.3 Å². The molecule has 1 aromatic heterocycles. The second kappa shape index (κ2) is 4.50. The van der Waals surface area contributed by atoms with E-state index in [1.54, 1.807) is 26.0 Å². The lowest BCUT2D eigenvalue weighted by atomic mass is 10.2. The van der Waals surface area contributed by atoms with Crippen molar-refractivity contribution < 1.29 is 14.3 Å². The zero-order chi connectivity index (χ0) is 10.6. The van der Waals surface area contributed by atoms with E-state index in [0.717, 1.165) is 0 Å². The van der Waals surface area contributed by atoms with Crippen molar-refractivity contribution in [2.75, 3.05) is 6.61 Å². The van der Waals surface area contributed by atoms with Crippen LogP contribution >= 0.6 is 0 Å². The molecule has 4 nitrogen and oxygen atoms in total. The van der Waals surface area contributed by atoms with E-state index in [9.17, 15) is 9.59 Å². The molecule has 0 radical (unpaired) electrons. The summed E-state index contributed by atoms with van der Waals surface area (Å²) in [5, 5.41) is 0. The Bertz CT molecular complexity index is 360. The quantitative estimate of drug-likeness (QED) is 0.410. The molecule has 0 amide bonds. The van der Waals surface area contributed by atoms with Crippen LogP contribution in [0.1, 0.15) is 23.1 Å². The van der Waals surface area contributed by atoms with Gasteiger partial charge in [0.2, 0.25) is 0 Å². The maximum atomic E-state index is 11.3. The van der Waals surface area contributed by atoms with Crippen molar-refractivity contribution in [1.82, 2.24) is 4.98 Å².